The molecule has 0 aliphatic heterocycles. The Kier molecular flexibility index (Phi) is 5.17. The number of nitrogens with one attached hydrogen (secondary N) is 1. The Morgan fingerprint density at radius 1 is 0.933 bits per heavy atom. The molecule has 0 saturated heterocycles. The number of benzene rings is 2. The summed E-state index contributed by atoms with van der Waals surface area (Å²) < 4.78 is 0. The fraction of sp³-hybridized carbons (Fsp3) is 0.280. The van der Waals surface area contributed by atoms with Crippen LogP contribution < -0.4 is 0 Å². The van der Waals surface area contributed by atoms with Crippen molar-refractivity contribution in [1.82, 2.24) is 0 Å². The van der Waals surface area contributed by atoms with E-state index in [4.69, 9.17) is 17.0 Å². The molecule has 2 aliphatic carbocycles. The average Bonchev–Trinajstić information content (AvgIpc) is 2.79. The molecule has 0 radical (unpaired) electrons. The normalized spacial score (nSPS) is 27.0. The maximum absolute atomic E-state index is 10.1. The summed E-state index contributed by atoms with van der Waals surface area (Å²) in [6.45, 7) is 0. The summed E-state index contributed by atoms with van der Waals surface area (Å²) in [4.78, 5) is 0. The number of nitrogens with zero attached hydrogens (tertiary/aromatic N) is 3. The van der Waals surface area contributed by atoms with Crippen LogP contribution in [0.3, 0.4) is 0 Å². The number of allylic oxidation sites excluding steroid dienone is 2. The zero-order chi connectivity index (χ0) is 21.3. The fourth-order valence-corrected chi connectivity index (χ4v) is 5.19. The van der Waals surface area contributed by atoms with Gasteiger partial charge in [0.1, 0.15) is 5.92 Å². The summed E-state index contributed by atoms with van der Waals surface area (Å²) in [5.41, 5.74) is 1.07. The average molecular weight is 411 g/mol. The van der Waals surface area contributed by atoms with Gasteiger partial charge in [-0.3, -0.25) is 0 Å². The summed E-state index contributed by atoms with van der Waals surface area (Å²) in [5.74, 6) is -1.31. The van der Waals surface area contributed by atoms with Crippen molar-refractivity contribution in [1.29, 1.82) is 21.2 Å². The van der Waals surface area contributed by atoms with Crippen molar-refractivity contribution >= 4 is 17.3 Å². The van der Waals surface area contributed by atoms with E-state index in [1.54, 1.807) is 12.1 Å². The second-order valence-corrected chi connectivity index (χ2v) is 8.36. The highest BCUT2D eigenvalue weighted by atomic mass is 35.5. The largest absolute Gasteiger partial charge is 0.305 e. The maximum Gasteiger partial charge on any atom is 0.189 e. The van der Waals surface area contributed by atoms with Gasteiger partial charge in [-0.05, 0) is 53.5 Å². The van der Waals surface area contributed by atoms with Crippen LogP contribution in [0.5, 0.6) is 0 Å². The summed E-state index contributed by atoms with van der Waals surface area (Å²) in [6, 6.07) is 23.8. The van der Waals surface area contributed by atoms with Gasteiger partial charge in [0, 0.05) is 10.9 Å². The van der Waals surface area contributed by atoms with E-state index in [1.807, 2.05) is 30.3 Å². The Bertz CT molecular complexity index is 1110. The summed E-state index contributed by atoms with van der Waals surface area (Å²) >= 11 is 6.08. The van der Waals surface area contributed by atoms with Crippen molar-refractivity contribution in [2.24, 2.45) is 17.3 Å². The molecule has 1 saturated carbocycles. The number of hydrogen-bond acceptors (Lipinski definition) is 4. The van der Waals surface area contributed by atoms with Crippen molar-refractivity contribution in [2.75, 3.05) is 0 Å². The molecule has 0 bridgehead atoms. The van der Waals surface area contributed by atoms with Crippen LogP contribution in [0, 0.1) is 56.7 Å². The third-order valence-electron chi connectivity index (χ3n) is 6.50. The van der Waals surface area contributed by atoms with Crippen LogP contribution in [0.15, 0.2) is 66.2 Å². The molecule has 2 aromatic carbocycles. The molecule has 2 aliphatic rings. The van der Waals surface area contributed by atoms with Crippen LogP contribution >= 0.6 is 11.6 Å². The Balaban J connectivity index is 1.89. The van der Waals surface area contributed by atoms with Gasteiger partial charge in [0.15, 0.2) is 5.41 Å². The van der Waals surface area contributed by atoms with Crippen molar-refractivity contribution < 1.29 is 0 Å². The third kappa shape index (κ3) is 3.00. The van der Waals surface area contributed by atoms with E-state index in [2.05, 4.69) is 36.4 Å². The van der Waals surface area contributed by atoms with E-state index >= 15 is 0 Å². The zero-order valence-corrected chi connectivity index (χ0v) is 17.0. The molecule has 0 aromatic heterocycles. The molecule has 4 atom stereocenters. The Hall–Kier alpha value is -3.39. The minimum absolute atomic E-state index is 0.115. The van der Waals surface area contributed by atoms with E-state index in [0.717, 1.165) is 24.0 Å². The van der Waals surface area contributed by atoms with Crippen molar-refractivity contribution in [3.63, 3.8) is 0 Å². The molecule has 4 nitrogen and oxygen atoms in total. The number of fused-ring (bicyclic) bond motifs is 1. The van der Waals surface area contributed by atoms with E-state index < -0.39 is 17.3 Å². The molecule has 0 heterocycles. The topological polar surface area (TPSA) is 95.2 Å². The lowest BCUT2D eigenvalue weighted by atomic mass is 9.52. The SMILES string of the molecule is N#CC1C(=N)C(C#N)(C#N)[C@@H](c2ccc(Cl)cc2)[C@@H]2C[C@H](c3ccccc3)CC=C12. The van der Waals surface area contributed by atoms with Crippen molar-refractivity contribution in [3.8, 4) is 18.2 Å². The lowest BCUT2D eigenvalue weighted by Gasteiger charge is -2.47. The van der Waals surface area contributed by atoms with Gasteiger partial charge < -0.3 is 5.41 Å². The van der Waals surface area contributed by atoms with Crippen molar-refractivity contribution in [2.45, 2.75) is 24.7 Å². The van der Waals surface area contributed by atoms with Gasteiger partial charge in [-0.1, -0.05) is 60.1 Å². The molecule has 2 aromatic rings. The lowest BCUT2D eigenvalue weighted by molar-refractivity contribution is 0.304. The lowest BCUT2D eigenvalue weighted by Crippen LogP contribution is -2.49. The van der Waals surface area contributed by atoms with E-state index in [-0.39, 0.29) is 17.5 Å². The van der Waals surface area contributed by atoms with Crippen LogP contribution in [0.2, 0.25) is 5.02 Å². The van der Waals surface area contributed by atoms with Gasteiger partial charge in [0.05, 0.1) is 23.9 Å². The van der Waals surface area contributed by atoms with Crippen LogP contribution in [-0.2, 0) is 0 Å². The second-order valence-electron chi connectivity index (χ2n) is 7.93. The Morgan fingerprint density at radius 3 is 2.20 bits per heavy atom. The maximum atomic E-state index is 10.1. The first kappa shape index (κ1) is 19.9. The molecular formula is C25H19ClN4. The van der Waals surface area contributed by atoms with Gasteiger partial charge in [-0.15, -0.1) is 0 Å². The second kappa shape index (κ2) is 7.79. The van der Waals surface area contributed by atoms with E-state index in [1.165, 1.54) is 5.56 Å². The quantitative estimate of drug-likeness (QED) is 0.638. The fourth-order valence-electron chi connectivity index (χ4n) is 5.07. The number of hydrogen-bond donors (Lipinski definition) is 1. The van der Waals surface area contributed by atoms with Gasteiger partial charge in [0.25, 0.3) is 0 Å². The summed E-state index contributed by atoms with van der Waals surface area (Å²) in [5, 5.41) is 39.3. The van der Waals surface area contributed by atoms with Gasteiger partial charge in [-0.25, -0.2) is 0 Å². The molecule has 1 unspecified atom stereocenters. The molecule has 4 rings (SSSR count). The minimum Gasteiger partial charge on any atom is -0.305 e. The molecule has 0 amide bonds. The third-order valence-corrected chi connectivity index (χ3v) is 6.75. The van der Waals surface area contributed by atoms with Crippen molar-refractivity contribution in [3.05, 3.63) is 82.4 Å². The van der Waals surface area contributed by atoms with Crippen LogP contribution in [0.1, 0.15) is 35.8 Å². The predicted molar refractivity (Wildman–Crippen MR) is 115 cm³/mol. The highest BCUT2D eigenvalue weighted by Gasteiger charge is 2.57. The molecule has 1 N–H and O–H groups in total. The van der Waals surface area contributed by atoms with E-state index in [0.29, 0.717) is 5.02 Å². The first-order chi connectivity index (χ1) is 14.6. The molecule has 30 heavy (non-hydrogen) atoms. The van der Waals surface area contributed by atoms with Gasteiger partial charge in [0.2, 0.25) is 0 Å². The molecule has 5 heteroatoms. The standard InChI is InChI=1S/C25H19ClN4/c26-19-9-6-17(7-10-19)23-21-12-18(16-4-2-1-3-5-16)8-11-20(21)22(13-27)24(30)25(23,14-28)15-29/h1-7,9-11,18,21-23,30H,8,12H2/t18-,21-,22?,23+/m1/s1. The highest BCUT2D eigenvalue weighted by Crippen LogP contribution is 2.57. The summed E-state index contributed by atoms with van der Waals surface area (Å²) in [7, 11) is 0. The van der Waals surface area contributed by atoms with Gasteiger partial charge >= 0.3 is 0 Å². The Morgan fingerprint density at radius 2 is 1.60 bits per heavy atom. The predicted octanol–water partition coefficient (Wildman–Crippen LogP) is 5.75. The van der Waals surface area contributed by atoms with E-state index in [9.17, 15) is 15.8 Å². The number of rotatable bonds is 2. The first-order valence-corrected chi connectivity index (χ1v) is 10.2. The Labute approximate surface area is 181 Å². The van der Waals surface area contributed by atoms with Crippen LogP contribution in [-0.4, -0.2) is 5.71 Å². The molecular weight excluding hydrogens is 392 g/mol. The first-order valence-electron chi connectivity index (χ1n) is 9.87. The summed E-state index contributed by atoms with van der Waals surface area (Å²) in [6.07, 6.45) is 3.57. The molecule has 1 fully saturated rings. The monoisotopic (exact) mass is 410 g/mol. The van der Waals surface area contributed by atoms with Crippen LogP contribution in [0.4, 0.5) is 0 Å². The molecule has 146 valence electrons. The number of nitriles is 3. The smallest absolute Gasteiger partial charge is 0.189 e. The highest BCUT2D eigenvalue weighted by molar-refractivity contribution is 6.30. The van der Waals surface area contributed by atoms with Gasteiger partial charge in [-0.2, -0.15) is 15.8 Å². The molecule has 0 spiro atoms. The zero-order valence-electron chi connectivity index (χ0n) is 16.2. The van der Waals surface area contributed by atoms with Crippen LogP contribution in [0.25, 0.3) is 0 Å². The minimum atomic E-state index is -1.69. The number of halogens is 1.